The summed E-state index contributed by atoms with van der Waals surface area (Å²) in [6.45, 7) is 1.60. The molecule has 116 valence electrons. The third-order valence-corrected chi connectivity index (χ3v) is 4.22. The Morgan fingerprint density at radius 3 is 2.50 bits per heavy atom. The van der Waals surface area contributed by atoms with Crippen molar-refractivity contribution in [1.29, 1.82) is 0 Å². The molecule has 0 bridgehead atoms. The fourth-order valence-corrected chi connectivity index (χ4v) is 3.37. The van der Waals surface area contributed by atoms with Gasteiger partial charge < -0.3 is 15.7 Å². The van der Waals surface area contributed by atoms with Crippen LogP contribution in [-0.4, -0.2) is 37.7 Å². The molecule has 1 aliphatic carbocycles. The summed E-state index contributed by atoms with van der Waals surface area (Å²) in [6, 6.07) is 0. The van der Waals surface area contributed by atoms with Crippen LogP contribution in [0, 0.1) is 0 Å². The molecule has 0 saturated heterocycles. The molecule has 0 heterocycles. The minimum absolute atomic E-state index is 0.0483. The summed E-state index contributed by atoms with van der Waals surface area (Å²) < 4.78 is 32.3. The fourth-order valence-electron chi connectivity index (χ4n) is 2.21. The van der Waals surface area contributed by atoms with Crippen molar-refractivity contribution in [2.75, 3.05) is 6.61 Å². The molecule has 0 aromatic heterocycles. The van der Waals surface area contributed by atoms with Gasteiger partial charge >= 0.3 is 16.3 Å². The van der Waals surface area contributed by atoms with Gasteiger partial charge in [0.15, 0.2) is 5.84 Å². The summed E-state index contributed by atoms with van der Waals surface area (Å²) >= 11 is 0. The lowest BCUT2D eigenvalue weighted by Gasteiger charge is -2.36. The van der Waals surface area contributed by atoms with Gasteiger partial charge in [-0.1, -0.05) is 24.4 Å². The molecule has 5 N–H and O–H groups in total. The van der Waals surface area contributed by atoms with Gasteiger partial charge in [-0.25, -0.2) is 9.52 Å². The molecular formula is C10H20N4O5S. The van der Waals surface area contributed by atoms with Crippen LogP contribution in [0.1, 0.15) is 39.0 Å². The maximum Gasteiger partial charge on any atom is 0.421 e. The average Bonchev–Trinajstić information content (AvgIpc) is 2.37. The van der Waals surface area contributed by atoms with Crippen molar-refractivity contribution in [2.45, 2.75) is 44.6 Å². The van der Waals surface area contributed by atoms with E-state index in [1.807, 2.05) is 0 Å². The van der Waals surface area contributed by atoms with Crippen molar-refractivity contribution in [2.24, 2.45) is 10.9 Å². The Morgan fingerprint density at radius 2 is 2.00 bits per heavy atom. The van der Waals surface area contributed by atoms with Crippen LogP contribution in [0.4, 0.5) is 4.79 Å². The van der Waals surface area contributed by atoms with Crippen molar-refractivity contribution in [3.63, 3.8) is 0 Å². The highest BCUT2D eigenvalue weighted by Crippen LogP contribution is 2.29. The highest BCUT2D eigenvalue weighted by molar-refractivity contribution is 7.88. The van der Waals surface area contributed by atoms with Gasteiger partial charge in [0.25, 0.3) is 0 Å². The number of carbonyl (C=O) groups is 1. The van der Waals surface area contributed by atoms with Crippen molar-refractivity contribution in [1.82, 2.24) is 9.44 Å². The van der Waals surface area contributed by atoms with Gasteiger partial charge in [-0.3, -0.25) is 0 Å². The van der Waals surface area contributed by atoms with E-state index in [1.165, 1.54) is 0 Å². The van der Waals surface area contributed by atoms with E-state index >= 15 is 0 Å². The molecule has 0 aromatic carbocycles. The van der Waals surface area contributed by atoms with Gasteiger partial charge in [0, 0.05) is 0 Å². The lowest BCUT2D eigenvalue weighted by molar-refractivity contribution is 0.158. The van der Waals surface area contributed by atoms with Crippen LogP contribution in [-0.2, 0) is 14.9 Å². The first-order valence-electron chi connectivity index (χ1n) is 6.32. The summed E-state index contributed by atoms with van der Waals surface area (Å²) in [5.74, 6) is -0.216. The smallest absolute Gasteiger partial charge is 0.421 e. The Hall–Kier alpha value is -1.55. The maximum absolute atomic E-state index is 11.9. The maximum atomic E-state index is 11.9. The zero-order valence-electron chi connectivity index (χ0n) is 11.3. The zero-order chi connectivity index (χ0) is 15.2. The van der Waals surface area contributed by atoms with Crippen LogP contribution >= 0.6 is 0 Å². The van der Waals surface area contributed by atoms with Crippen molar-refractivity contribution < 1.29 is 23.2 Å². The monoisotopic (exact) mass is 308 g/mol. The van der Waals surface area contributed by atoms with E-state index in [4.69, 9.17) is 10.9 Å². The van der Waals surface area contributed by atoms with Crippen LogP contribution in [0.25, 0.3) is 0 Å². The molecule has 1 amide bonds. The minimum atomic E-state index is -4.16. The highest BCUT2D eigenvalue weighted by Gasteiger charge is 2.40. The second-order valence-electron chi connectivity index (χ2n) is 4.56. The fraction of sp³-hybridized carbons (Fsp3) is 0.800. The van der Waals surface area contributed by atoms with E-state index in [0.717, 1.165) is 19.3 Å². The predicted molar refractivity (Wildman–Crippen MR) is 71.4 cm³/mol. The summed E-state index contributed by atoms with van der Waals surface area (Å²) in [5, 5.41) is 11.7. The van der Waals surface area contributed by atoms with Crippen LogP contribution in [0.5, 0.6) is 0 Å². The molecule has 0 spiro atoms. The molecule has 1 fully saturated rings. The number of rotatable bonds is 5. The lowest BCUT2D eigenvalue weighted by Crippen LogP contribution is -2.61. The van der Waals surface area contributed by atoms with Gasteiger partial charge in [0.05, 0.1) is 12.1 Å². The number of amides is 1. The molecule has 1 saturated carbocycles. The molecule has 0 aromatic rings. The van der Waals surface area contributed by atoms with E-state index < -0.39 is 21.8 Å². The highest BCUT2D eigenvalue weighted by atomic mass is 32.2. The van der Waals surface area contributed by atoms with Crippen molar-refractivity contribution >= 4 is 22.1 Å². The molecule has 9 nitrogen and oxygen atoms in total. The van der Waals surface area contributed by atoms with Crippen LogP contribution in [0.3, 0.4) is 0 Å². The second-order valence-corrected chi connectivity index (χ2v) is 5.97. The van der Waals surface area contributed by atoms with Crippen molar-refractivity contribution in [3.8, 4) is 0 Å². The van der Waals surface area contributed by atoms with E-state index in [9.17, 15) is 13.2 Å². The lowest BCUT2D eigenvalue weighted by atomic mass is 9.82. The van der Waals surface area contributed by atoms with E-state index in [0.29, 0.717) is 12.8 Å². The Kier molecular flexibility index (Phi) is 5.57. The number of ether oxygens (including phenoxy) is 1. The summed E-state index contributed by atoms with van der Waals surface area (Å²) in [5.41, 5.74) is 4.43. The molecule has 1 aliphatic rings. The molecule has 0 radical (unpaired) electrons. The molecular weight excluding hydrogens is 288 g/mol. The number of nitrogens with one attached hydrogen (secondary N) is 2. The van der Waals surface area contributed by atoms with E-state index in [-0.39, 0.29) is 12.4 Å². The minimum Gasteiger partial charge on any atom is -0.449 e. The van der Waals surface area contributed by atoms with E-state index in [1.54, 1.807) is 11.6 Å². The van der Waals surface area contributed by atoms with Gasteiger partial charge in [-0.15, -0.1) is 0 Å². The number of oxime groups is 1. The Bertz CT molecular complexity index is 470. The van der Waals surface area contributed by atoms with Crippen molar-refractivity contribution in [3.05, 3.63) is 0 Å². The third kappa shape index (κ3) is 4.23. The molecule has 20 heavy (non-hydrogen) atoms. The number of hydrogen-bond donors (Lipinski definition) is 4. The number of nitrogens with two attached hydrogens (primary N) is 1. The quantitative estimate of drug-likeness (QED) is 0.244. The number of nitrogens with zero attached hydrogens (tertiary/aromatic N) is 1. The standard InChI is InChI=1S/C10H20N4O5S/c1-2-19-9(15)13-20(17,18)14-10(8(11)12-16)6-4-3-5-7-10/h14,16H,2-7H2,1H3,(H2,11,12)(H,13,15). The summed E-state index contributed by atoms with van der Waals surface area (Å²) in [4.78, 5) is 11.2. The predicted octanol–water partition coefficient (Wildman–Crippen LogP) is 0.0162. The first-order valence-corrected chi connectivity index (χ1v) is 7.80. The zero-order valence-corrected chi connectivity index (χ0v) is 12.1. The largest absolute Gasteiger partial charge is 0.449 e. The number of amidine groups is 1. The summed E-state index contributed by atoms with van der Waals surface area (Å²) in [7, 11) is -4.16. The number of carbonyl (C=O) groups excluding carboxylic acids is 1. The van der Waals surface area contributed by atoms with Gasteiger partial charge in [-0.2, -0.15) is 13.1 Å². The Morgan fingerprint density at radius 1 is 1.40 bits per heavy atom. The van der Waals surface area contributed by atoms with Crippen LogP contribution in [0.2, 0.25) is 0 Å². The number of hydrogen-bond acceptors (Lipinski definition) is 6. The topological polar surface area (TPSA) is 143 Å². The van der Waals surface area contributed by atoms with Gasteiger partial charge in [0.1, 0.15) is 0 Å². The Balaban J connectivity index is 2.87. The molecule has 10 heteroatoms. The first kappa shape index (κ1) is 16.5. The molecule has 0 atom stereocenters. The molecule has 0 aliphatic heterocycles. The third-order valence-electron chi connectivity index (χ3n) is 3.13. The molecule has 0 unspecified atom stereocenters. The second kappa shape index (κ2) is 6.75. The normalized spacial score (nSPS) is 19.4. The SMILES string of the molecule is CCOC(=O)NS(=O)(=O)NC1(C(N)=NO)CCCCC1. The van der Waals surface area contributed by atoms with Crippen LogP contribution in [0.15, 0.2) is 5.16 Å². The van der Waals surface area contributed by atoms with E-state index in [2.05, 4.69) is 14.6 Å². The Labute approximate surface area is 117 Å². The molecule has 1 rings (SSSR count). The van der Waals surface area contributed by atoms with Crippen LogP contribution < -0.4 is 15.2 Å². The van der Waals surface area contributed by atoms with Gasteiger partial charge in [0.2, 0.25) is 0 Å². The summed E-state index contributed by atoms with van der Waals surface area (Å²) in [6.07, 6.45) is 2.12. The first-order chi connectivity index (χ1) is 9.35. The van der Waals surface area contributed by atoms with Gasteiger partial charge in [-0.05, 0) is 19.8 Å². The average molecular weight is 308 g/mol.